The van der Waals surface area contributed by atoms with Gasteiger partial charge in [-0.25, -0.2) is 0 Å². The number of hydrogen-bond donors (Lipinski definition) is 0. The lowest BCUT2D eigenvalue weighted by atomic mass is 9.88. The van der Waals surface area contributed by atoms with E-state index in [1.807, 2.05) is 6.92 Å². The van der Waals surface area contributed by atoms with E-state index in [1.54, 1.807) is 4.90 Å². The second kappa shape index (κ2) is 5.89. The predicted molar refractivity (Wildman–Crippen MR) is 63.6 cm³/mol. The molecule has 3 heteroatoms. The Morgan fingerprint density at radius 2 is 2.25 bits per heavy atom. The molecular formula is C13H22N2O. The average Bonchev–Trinajstić information content (AvgIpc) is 2.24. The summed E-state index contributed by atoms with van der Waals surface area (Å²) in [7, 11) is 0. The first-order valence-electron chi connectivity index (χ1n) is 6.30. The molecule has 16 heavy (non-hydrogen) atoms. The van der Waals surface area contributed by atoms with Gasteiger partial charge in [0.05, 0.1) is 6.07 Å². The van der Waals surface area contributed by atoms with E-state index in [0.29, 0.717) is 5.92 Å². The van der Waals surface area contributed by atoms with E-state index >= 15 is 0 Å². The zero-order chi connectivity index (χ0) is 12.1. The number of carbonyl (C=O) groups is 1. The smallest absolute Gasteiger partial charge is 0.226 e. The quantitative estimate of drug-likeness (QED) is 0.733. The average molecular weight is 222 g/mol. The Morgan fingerprint density at radius 3 is 2.75 bits per heavy atom. The fraction of sp³-hybridized carbons (Fsp3) is 0.846. The van der Waals surface area contributed by atoms with E-state index in [-0.39, 0.29) is 17.9 Å². The van der Waals surface area contributed by atoms with Gasteiger partial charge in [0.2, 0.25) is 5.91 Å². The molecule has 0 radical (unpaired) electrons. The number of amides is 1. The van der Waals surface area contributed by atoms with Crippen LogP contribution in [0.25, 0.3) is 0 Å². The maximum Gasteiger partial charge on any atom is 0.226 e. The van der Waals surface area contributed by atoms with Crippen LogP contribution < -0.4 is 0 Å². The van der Waals surface area contributed by atoms with E-state index in [0.717, 1.165) is 32.2 Å². The number of hydrogen-bond acceptors (Lipinski definition) is 2. The highest BCUT2D eigenvalue weighted by Crippen LogP contribution is 2.26. The third-order valence-electron chi connectivity index (χ3n) is 3.25. The normalized spacial score (nSPS) is 23.3. The molecule has 0 saturated carbocycles. The second-order valence-electron chi connectivity index (χ2n) is 5.05. The summed E-state index contributed by atoms with van der Waals surface area (Å²) in [5.74, 6) is 0.903. The molecule has 0 bridgehead atoms. The minimum absolute atomic E-state index is 0.149. The van der Waals surface area contributed by atoms with Crippen molar-refractivity contribution in [3.8, 4) is 6.07 Å². The number of nitriles is 1. The third kappa shape index (κ3) is 2.98. The molecule has 3 nitrogen and oxygen atoms in total. The Balaban J connectivity index is 2.67. The fourth-order valence-electron chi connectivity index (χ4n) is 2.45. The van der Waals surface area contributed by atoms with Crippen LogP contribution in [0.2, 0.25) is 0 Å². The summed E-state index contributed by atoms with van der Waals surface area (Å²) < 4.78 is 0. The van der Waals surface area contributed by atoms with Crippen molar-refractivity contribution in [3.63, 3.8) is 0 Å². The van der Waals surface area contributed by atoms with Gasteiger partial charge in [-0.15, -0.1) is 0 Å². The molecule has 0 aromatic heterocycles. The molecule has 0 aliphatic carbocycles. The molecular weight excluding hydrogens is 200 g/mol. The van der Waals surface area contributed by atoms with Gasteiger partial charge >= 0.3 is 0 Å². The number of likely N-dealkylation sites (tertiary alicyclic amines) is 1. The van der Waals surface area contributed by atoms with Crippen LogP contribution in [0.4, 0.5) is 0 Å². The van der Waals surface area contributed by atoms with E-state index in [9.17, 15) is 4.79 Å². The number of rotatable bonds is 4. The Hall–Kier alpha value is -1.04. The minimum Gasteiger partial charge on any atom is -0.326 e. The summed E-state index contributed by atoms with van der Waals surface area (Å²) >= 11 is 0. The van der Waals surface area contributed by atoms with Crippen LogP contribution in [-0.4, -0.2) is 23.4 Å². The number of nitrogens with zero attached hydrogens (tertiary/aromatic N) is 2. The first-order valence-corrected chi connectivity index (χ1v) is 6.30. The van der Waals surface area contributed by atoms with Crippen LogP contribution in [0.15, 0.2) is 0 Å². The highest BCUT2D eigenvalue weighted by molar-refractivity contribution is 5.80. The van der Waals surface area contributed by atoms with Gasteiger partial charge in [-0.05, 0) is 31.6 Å². The second-order valence-corrected chi connectivity index (χ2v) is 5.05. The van der Waals surface area contributed by atoms with Crippen molar-refractivity contribution in [2.24, 2.45) is 11.8 Å². The van der Waals surface area contributed by atoms with E-state index in [1.165, 1.54) is 0 Å². The Labute approximate surface area is 98.4 Å². The molecule has 0 aromatic rings. The molecule has 1 heterocycles. The summed E-state index contributed by atoms with van der Waals surface area (Å²) in [4.78, 5) is 14.0. The molecule has 1 saturated heterocycles. The largest absolute Gasteiger partial charge is 0.326 e. The minimum atomic E-state index is -0.220. The van der Waals surface area contributed by atoms with Crippen molar-refractivity contribution in [3.05, 3.63) is 0 Å². The van der Waals surface area contributed by atoms with Gasteiger partial charge in [0.25, 0.3) is 0 Å². The first kappa shape index (κ1) is 13.0. The molecule has 0 N–H and O–H groups in total. The van der Waals surface area contributed by atoms with Gasteiger partial charge in [-0.2, -0.15) is 5.26 Å². The van der Waals surface area contributed by atoms with Gasteiger partial charge in [0.15, 0.2) is 0 Å². The molecule has 1 aliphatic rings. The van der Waals surface area contributed by atoms with Crippen LogP contribution in [0.5, 0.6) is 0 Å². The molecule has 1 aliphatic heterocycles. The van der Waals surface area contributed by atoms with Crippen LogP contribution in [-0.2, 0) is 4.79 Å². The maximum absolute atomic E-state index is 12.2. The SMILES string of the molecule is CCC(C#N)N1CCCC(CC(C)C)C1=O. The molecule has 90 valence electrons. The summed E-state index contributed by atoms with van der Waals surface area (Å²) in [5, 5.41) is 9.02. The van der Waals surface area contributed by atoms with E-state index < -0.39 is 0 Å². The predicted octanol–water partition coefficient (Wildman–Crippen LogP) is 2.57. The summed E-state index contributed by atoms with van der Waals surface area (Å²) in [6.07, 6.45) is 3.73. The van der Waals surface area contributed by atoms with Crippen LogP contribution in [0, 0.1) is 23.2 Å². The Bertz CT molecular complexity index is 280. The highest BCUT2D eigenvalue weighted by Gasteiger charge is 2.32. The zero-order valence-corrected chi connectivity index (χ0v) is 10.6. The molecule has 0 aromatic carbocycles. The number of carbonyl (C=O) groups excluding carboxylic acids is 1. The third-order valence-corrected chi connectivity index (χ3v) is 3.25. The lowest BCUT2D eigenvalue weighted by molar-refractivity contribution is -0.140. The monoisotopic (exact) mass is 222 g/mol. The van der Waals surface area contributed by atoms with Crippen molar-refractivity contribution >= 4 is 5.91 Å². The highest BCUT2D eigenvalue weighted by atomic mass is 16.2. The Kier molecular flexibility index (Phi) is 4.79. The van der Waals surface area contributed by atoms with E-state index in [4.69, 9.17) is 5.26 Å². The summed E-state index contributed by atoms with van der Waals surface area (Å²) in [5.41, 5.74) is 0. The summed E-state index contributed by atoms with van der Waals surface area (Å²) in [6.45, 7) is 7.02. The standard InChI is InChI=1S/C13H22N2O/c1-4-12(9-14)15-7-5-6-11(13(15)16)8-10(2)3/h10-12H,4-8H2,1-3H3. The van der Waals surface area contributed by atoms with Crippen molar-refractivity contribution in [1.82, 2.24) is 4.90 Å². The topological polar surface area (TPSA) is 44.1 Å². The van der Waals surface area contributed by atoms with Crippen LogP contribution in [0.1, 0.15) is 46.5 Å². The summed E-state index contributed by atoms with van der Waals surface area (Å²) in [6, 6.07) is 2.01. The van der Waals surface area contributed by atoms with Crippen molar-refractivity contribution < 1.29 is 4.79 Å². The fourth-order valence-corrected chi connectivity index (χ4v) is 2.45. The van der Waals surface area contributed by atoms with Gasteiger partial charge in [0.1, 0.15) is 6.04 Å². The molecule has 0 spiro atoms. The molecule has 1 amide bonds. The molecule has 1 fully saturated rings. The molecule has 2 atom stereocenters. The first-order chi connectivity index (χ1) is 7.60. The van der Waals surface area contributed by atoms with Crippen molar-refractivity contribution in [2.45, 2.75) is 52.5 Å². The van der Waals surface area contributed by atoms with Gasteiger partial charge in [-0.1, -0.05) is 20.8 Å². The van der Waals surface area contributed by atoms with Crippen molar-refractivity contribution in [1.29, 1.82) is 5.26 Å². The lowest BCUT2D eigenvalue weighted by Crippen LogP contribution is -2.46. The van der Waals surface area contributed by atoms with E-state index in [2.05, 4.69) is 19.9 Å². The Morgan fingerprint density at radius 1 is 1.56 bits per heavy atom. The van der Waals surface area contributed by atoms with Gasteiger partial charge in [0, 0.05) is 12.5 Å². The molecule has 2 unspecified atom stereocenters. The molecule has 1 rings (SSSR count). The van der Waals surface area contributed by atoms with Gasteiger partial charge in [-0.3, -0.25) is 4.79 Å². The maximum atomic E-state index is 12.2. The van der Waals surface area contributed by atoms with Crippen molar-refractivity contribution in [2.75, 3.05) is 6.54 Å². The van der Waals surface area contributed by atoms with Crippen LogP contribution >= 0.6 is 0 Å². The zero-order valence-electron chi connectivity index (χ0n) is 10.6. The van der Waals surface area contributed by atoms with Gasteiger partial charge < -0.3 is 4.90 Å². The van der Waals surface area contributed by atoms with Crippen LogP contribution in [0.3, 0.4) is 0 Å². The lowest BCUT2D eigenvalue weighted by Gasteiger charge is -2.35. The number of piperidine rings is 1.